The molecule has 0 amide bonds. The number of nitrogens with two attached hydrogens (primary N) is 1. The van der Waals surface area contributed by atoms with Gasteiger partial charge in [-0.2, -0.15) is 5.10 Å². The highest BCUT2D eigenvalue weighted by Crippen LogP contribution is 2.14. The van der Waals surface area contributed by atoms with E-state index in [-0.39, 0.29) is 0 Å². The summed E-state index contributed by atoms with van der Waals surface area (Å²) < 4.78 is 1.95. The molecule has 0 bridgehead atoms. The second kappa shape index (κ2) is 3.79. The molecule has 1 aliphatic rings. The average molecular weight is 180 g/mol. The van der Waals surface area contributed by atoms with E-state index in [2.05, 4.69) is 10.4 Å². The van der Waals surface area contributed by atoms with Gasteiger partial charge in [0.1, 0.15) is 0 Å². The predicted molar refractivity (Wildman–Crippen MR) is 52.2 cm³/mol. The van der Waals surface area contributed by atoms with Gasteiger partial charge in [0.2, 0.25) is 0 Å². The molecule has 72 valence electrons. The van der Waals surface area contributed by atoms with E-state index < -0.39 is 0 Å². The van der Waals surface area contributed by atoms with Crippen LogP contribution >= 0.6 is 0 Å². The van der Waals surface area contributed by atoms with Crippen LogP contribution in [-0.2, 0) is 6.54 Å². The van der Waals surface area contributed by atoms with Crippen molar-refractivity contribution in [2.75, 3.05) is 18.8 Å². The molecule has 1 fully saturated rings. The van der Waals surface area contributed by atoms with Crippen molar-refractivity contribution >= 4 is 5.69 Å². The molecule has 1 aromatic heterocycles. The van der Waals surface area contributed by atoms with Gasteiger partial charge in [-0.3, -0.25) is 4.68 Å². The third kappa shape index (κ3) is 2.21. The van der Waals surface area contributed by atoms with E-state index in [9.17, 15) is 0 Å². The molecule has 1 aliphatic heterocycles. The third-order valence-corrected chi connectivity index (χ3v) is 2.56. The van der Waals surface area contributed by atoms with Crippen LogP contribution in [0.4, 0.5) is 5.69 Å². The quantitative estimate of drug-likeness (QED) is 0.695. The molecule has 4 heteroatoms. The van der Waals surface area contributed by atoms with Crippen molar-refractivity contribution in [2.24, 2.45) is 5.92 Å². The van der Waals surface area contributed by atoms with Gasteiger partial charge in [-0.1, -0.05) is 0 Å². The predicted octanol–water partition coefficient (Wildman–Crippen LogP) is 0.465. The minimum atomic E-state index is 0.758. The minimum absolute atomic E-state index is 0.758. The number of nitrogens with one attached hydrogen (secondary N) is 1. The summed E-state index contributed by atoms with van der Waals surface area (Å²) in [7, 11) is 0. The number of anilines is 1. The van der Waals surface area contributed by atoms with E-state index in [0.717, 1.165) is 31.2 Å². The van der Waals surface area contributed by atoms with Gasteiger partial charge < -0.3 is 11.1 Å². The Morgan fingerprint density at radius 3 is 2.92 bits per heavy atom. The average Bonchev–Trinajstić information content (AvgIpc) is 2.53. The molecule has 13 heavy (non-hydrogen) atoms. The standard InChI is InChI=1S/C9H16N4/c10-9-5-12-13(7-9)6-8-1-3-11-4-2-8/h5,7-8,11H,1-4,6,10H2. The monoisotopic (exact) mass is 180 g/mol. The molecule has 1 saturated heterocycles. The minimum Gasteiger partial charge on any atom is -0.396 e. The SMILES string of the molecule is Nc1cnn(CC2CCNCC2)c1. The molecule has 4 nitrogen and oxygen atoms in total. The lowest BCUT2D eigenvalue weighted by molar-refractivity contribution is 0.321. The lowest BCUT2D eigenvalue weighted by Crippen LogP contribution is -2.29. The number of rotatable bonds is 2. The highest BCUT2D eigenvalue weighted by Gasteiger charge is 2.13. The number of hydrogen-bond acceptors (Lipinski definition) is 3. The Bertz CT molecular complexity index is 262. The van der Waals surface area contributed by atoms with Crippen molar-refractivity contribution in [2.45, 2.75) is 19.4 Å². The van der Waals surface area contributed by atoms with Crippen molar-refractivity contribution in [1.82, 2.24) is 15.1 Å². The fraction of sp³-hybridized carbons (Fsp3) is 0.667. The molecule has 2 heterocycles. The normalized spacial score (nSPS) is 19.1. The first-order chi connectivity index (χ1) is 6.34. The Hall–Kier alpha value is -1.03. The zero-order chi connectivity index (χ0) is 9.10. The number of hydrogen-bond donors (Lipinski definition) is 2. The molecule has 1 aromatic rings. The summed E-state index contributed by atoms with van der Waals surface area (Å²) >= 11 is 0. The zero-order valence-electron chi connectivity index (χ0n) is 7.74. The topological polar surface area (TPSA) is 55.9 Å². The summed E-state index contributed by atoms with van der Waals surface area (Å²) in [5.41, 5.74) is 6.35. The van der Waals surface area contributed by atoms with E-state index in [1.807, 2.05) is 10.9 Å². The van der Waals surface area contributed by atoms with Crippen LogP contribution in [-0.4, -0.2) is 22.9 Å². The number of nitrogens with zero attached hydrogens (tertiary/aromatic N) is 2. The maximum atomic E-state index is 5.59. The Morgan fingerprint density at radius 1 is 1.54 bits per heavy atom. The Kier molecular flexibility index (Phi) is 2.49. The highest BCUT2D eigenvalue weighted by atomic mass is 15.3. The Labute approximate surface area is 78.1 Å². The van der Waals surface area contributed by atoms with Crippen molar-refractivity contribution in [3.8, 4) is 0 Å². The second-order valence-electron chi connectivity index (χ2n) is 3.69. The van der Waals surface area contributed by atoms with Crippen LogP contribution in [0.1, 0.15) is 12.8 Å². The number of piperidine rings is 1. The molecule has 0 unspecified atom stereocenters. The van der Waals surface area contributed by atoms with Gasteiger partial charge in [-0.05, 0) is 31.8 Å². The number of nitrogen functional groups attached to an aromatic ring is 1. The first-order valence-corrected chi connectivity index (χ1v) is 4.83. The molecule has 0 aliphatic carbocycles. The zero-order valence-corrected chi connectivity index (χ0v) is 7.74. The number of aromatic nitrogens is 2. The Balaban J connectivity index is 1.89. The largest absolute Gasteiger partial charge is 0.396 e. The van der Waals surface area contributed by atoms with Crippen molar-refractivity contribution in [3.05, 3.63) is 12.4 Å². The van der Waals surface area contributed by atoms with Crippen LogP contribution in [0.15, 0.2) is 12.4 Å². The fourth-order valence-electron chi connectivity index (χ4n) is 1.81. The molecule has 0 aromatic carbocycles. The van der Waals surface area contributed by atoms with Gasteiger partial charge in [-0.25, -0.2) is 0 Å². The summed E-state index contributed by atoms with van der Waals surface area (Å²) in [4.78, 5) is 0. The summed E-state index contributed by atoms with van der Waals surface area (Å²) in [6, 6.07) is 0. The first kappa shape index (κ1) is 8.56. The van der Waals surface area contributed by atoms with Gasteiger partial charge in [0, 0.05) is 12.7 Å². The molecular weight excluding hydrogens is 164 g/mol. The molecule has 3 N–H and O–H groups in total. The van der Waals surface area contributed by atoms with Crippen molar-refractivity contribution in [1.29, 1.82) is 0 Å². The van der Waals surface area contributed by atoms with Crippen LogP contribution in [0.25, 0.3) is 0 Å². The van der Waals surface area contributed by atoms with Gasteiger partial charge in [0.05, 0.1) is 11.9 Å². The fourth-order valence-corrected chi connectivity index (χ4v) is 1.81. The van der Waals surface area contributed by atoms with Crippen LogP contribution < -0.4 is 11.1 Å². The lowest BCUT2D eigenvalue weighted by Gasteiger charge is -2.22. The summed E-state index contributed by atoms with van der Waals surface area (Å²) in [5.74, 6) is 0.764. The van der Waals surface area contributed by atoms with Gasteiger partial charge in [0.15, 0.2) is 0 Å². The highest BCUT2D eigenvalue weighted by molar-refractivity contribution is 5.30. The molecule has 0 radical (unpaired) electrons. The van der Waals surface area contributed by atoms with Gasteiger partial charge >= 0.3 is 0 Å². The van der Waals surface area contributed by atoms with Crippen molar-refractivity contribution < 1.29 is 0 Å². The van der Waals surface area contributed by atoms with Crippen LogP contribution in [0.3, 0.4) is 0 Å². The summed E-state index contributed by atoms with van der Waals surface area (Å²) in [5, 5.41) is 7.53. The molecule has 0 atom stereocenters. The van der Waals surface area contributed by atoms with E-state index in [0.29, 0.717) is 0 Å². The second-order valence-corrected chi connectivity index (χ2v) is 3.69. The molecule has 0 saturated carbocycles. The lowest BCUT2D eigenvalue weighted by atomic mass is 9.98. The molecule has 0 spiro atoms. The van der Waals surface area contributed by atoms with E-state index >= 15 is 0 Å². The maximum Gasteiger partial charge on any atom is 0.0719 e. The maximum absolute atomic E-state index is 5.59. The van der Waals surface area contributed by atoms with Gasteiger partial charge in [-0.15, -0.1) is 0 Å². The van der Waals surface area contributed by atoms with E-state index in [1.165, 1.54) is 12.8 Å². The third-order valence-electron chi connectivity index (χ3n) is 2.56. The first-order valence-electron chi connectivity index (χ1n) is 4.83. The van der Waals surface area contributed by atoms with Crippen LogP contribution in [0, 0.1) is 5.92 Å². The van der Waals surface area contributed by atoms with Gasteiger partial charge in [0.25, 0.3) is 0 Å². The van der Waals surface area contributed by atoms with Crippen LogP contribution in [0.2, 0.25) is 0 Å². The molecular formula is C9H16N4. The molecule has 2 rings (SSSR count). The smallest absolute Gasteiger partial charge is 0.0719 e. The van der Waals surface area contributed by atoms with Crippen LogP contribution in [0.5, 0.6) is 0 Å². The van der Waals surface area contributed by atoms with E-state index in [1.54, 1.807) is 6.20 Å². The van der Waals surface area contributed by atoms with Crippen molar-refractivity contribution in [3.63, 3.8) is 0 Å². The summed E-state index contributed by atoms with van der Waals surface area (Å²) in [6.07, 6.45) is 6.11. The van der Waals surface area contributed by atoms with E-state index in [4.69, 9.17) is 5.73 Å². The Morgan fingerprint density at radius 2 is 2.31 bits per heavy atom. The summed E-state index contributed by atoms with van der Waals surface area (Å²) in [6.45, 7) is 3.29.